The molecule has 2 nitrogen and oxygen atoms in total. The van der Waals surface area contributed by atoms with E-state index in [2.05, 4.69) is 22.6 Å². The number of anilines is 1. The van der Waals surface area contributed by atoms with Crippen LogP contribution in [0.5, 0.6) is 5.75 Å². The van der Waals surface area contributed by atoms with Crippen LogP contribution >= 0.6 is 33.9 Å². The number of halogens is 1. The minimum Gasteiger partial charge on any atom is -0.507 e. The first-order valence-corrected chi connectivity index (χ1v) is 5.25. The molecular formula is C8H6INOS. The van der Waals surface area contributed by atoms with Crippen LogP contribution in [0.4, 0.5) is 5.00 Å². The number of benzene rings is 1. The lowest BCUT2D eigenvalue weighted by Gasteiger charge is -1.93. The molecular weight excluding hydrogens is 285 g/mol. The fourth-order valence-electron chi connectivity index (χ4n) is 1.11. The van der Waals surface area contributed by atoms with Gasteiger partial charge in [-0.15, -0.1) is 11.3 Å². The molecule has 62 valence electrons. The number of rotatable bonds is 0. The lowest BCUT2D eigenvalue weighted by Crippen LogP contribution is -1.80. The maximum atomic E-state index is 9.51. The largest absolute Gasteiger partial charge is 0.507 e. The number of phenolic OH excluding ortho intramolecular Hbond substituents is 1. The van der Waals surface area contributed by atoms with E-state index in [-0.39, 0.29) is 0 Å². The van der Waals surface area contributed by atoms with Crippen molar-refractivity contribution in [2.75, 3.05) is 5.73 Å². The number of fused-ring (bicyclic) bond motifs is 1. The average Bonchev–Trinajstić information content (AvgIpc) is 2.29. The zero-order valence-corrected chi connectivity index (χ0v) is 9.02. The summed E-state index contributed by atoms with van der Waals surface area (Å²) in [4.78, 5) is 0. The van der Waals surface area contributed by atoms with Crippen molar-refractivity contribution in [2.24, 2.45) is 0 Å². The molecule has 0 aliphatic rings. The number of phenols is 1. The van der Waals surface area contributed by atoms with E-state index in [1.54, 1.807) is 6.07 Å². The van der Waals surface area contributed by atoms with Crippen molar-refractivity contribution in [3.05, 3.63) is 21.8 Å². The molecule has 2 rings (SSSR count). The van der Waals surface area contributed by atoms with Gasteiger partial charge >= 0.3 is 0 Å². The predicted molar refractivity (Wildman–Crippen MR) is 60.6 cm³/mol. The summed E-state index contributed by atoms with van der Waals surface area (Å²) < 4.78 is 1.99. The second-order valence-corrected chi connectivity index (χ2v) is 4.59. The van der Waals surface area contributed by atoms with Gasteiger partial charge in [0, 0.05) is 10.1 Å². The van der Waals surface area contributed by atoms with Crippen LogP contribution in [0, 0.1) is 3.57 Å². The van der Waals surface area contributed by atoms with Crippen LogP contribution in [0.3, 0.4) is 0 Å². The van der Waals surface area contributed by atoms with Crippen LogP contribution in [0.1, 0.15) is 0 Å². The Hall–Kier alpha value is -0.490. The monoisotopic (exact) mass is 291 g/mol. The number of nitrogens with two attached hydrogens (primary N) is 1. The van der Waals surface area contributed by atoms with Gasteiger partial charge in [-0.25, -0.2) is 0 Å². The molecule has 0 unspecified atom stereocenters. The number of hydrogen-bond acceptors (Lipinski definition) is 3. The third-order valence-electron chi connectivity index (χ3n) is 1.66. The van der Waals surface area contributed by atoms with Gasteiger partial charge in [0.05, 0.1) is 3.57 Å². The molecule has 0 radical (unpaired) electrons. The summed E-state index contributed by atoms with van der Waals surface area (Å²) >= 11 is 3.65. The second-order valence-electron chi connectivity index (χ2n) is 2.43. The van der Waals surface area contributed by atoms with E-state index in [0.29, 0.717) is 5.75 Å². The highest BCUT2D eigenvalue weighted by molar-refractivity contribution is 14.1. The van der Waals surface area contributed by atoms with E-state index < -0.39 is 0 Å². The molecule has 0 aliphatic heterocycles. The maximum absolute atomic E-state index is 9.51. The third kappa shape index (κ3) is 1.06. The molecule has 1 aromatic heterocycles. The highest BCUT2D eigenvalue weighted by Crippen LogP contribution is 2.38. The molecule has 0 saturated carbocycles. The predicted octanol–water partition coefficient (Wildman–Crippen LogP) is 2.79. The van der Waals surface area contributed by atoms with Crippen LogP contribution in [-0.4, -0.2) is 5.11 Å². The first kappa shape index (κ1) is 8.12. The molecule has 0 bridgehead atoms. The summed E-state index contributed by atoms with van der Waals surface area (Å²) in [5.41, 5.74) is 5.72. The maximum Gasteiger partial charge on any atom is 0.125 e. The van der Waals surface area contributed by atoms with E-state index >= 15 is 0 Å². The van der Waals surface area contributed by atoms with Crippen LogP contribution in [0.25, 0.3) is 10.1 Å². The van der Waals surface area contributed by atoms with Gasteiger partial charge < -0.3 is 10.8 Å². The summed E-state index contributed by atoms with van der Waals surface area (Å²) in [6.45, 7) is 0. The van der Waals surface area contributed by atoms with Crippen LogP contribution < -0.4 is 5.73 Å². The fourth-order valence-corrected chi connectivity index (χ4v) is 3.08. The molecule has 0 atom stereocenters. The third-order valence-corrected chi connectivity index (χ3v) is 4.13. The normalized spacial score (nSPS) is 10.8. The average molecular weight is 291 g/mol. The molecule has 0 saturated heterocycles. The number of hydrogen-bond donors (Lipinski definition) is 2. The lowest BCUT2D eigenvalue weighted by atomic mass is 10.2. The molecule has 0 spiro atoms. The fraction of sp³-hybridized carbons (Fsp3) is 0. The van der Waals surface area contributed by atoms with Gasteiger partial charge in [-0.3, -0.25) is 0 Å². The summed E-state index contributed by atoms with van der Waals surface area (Å²) in [5, 5.41) is 11.2. The van der Waals surface area contributed by atoms with Crippen molar-refractivity contribution in [1.29, 1.82) is 0 Å². The van der Waals surface area contributed by atoms with Crippen molar-refractivity contribution in [3.63, 3.8) is 0 Å². The minimum absolute atomic E-state index is 0.310. The Morgan fingerprint density at radius 3 is 2.83 bits per heavy atom. The highest BCUT2D eigenvalue weighted by Gasteiger charge is 2.09. The van der Waals surface area contributed by atoms with Gasteiger partial charge in [0.25, 0.3) is 0 Å². The Morgan fingerprint density at radius 1 is 1.42 bits per heavy atom. The van der Waals surface area contributed by atoms with Gasteiger partial charge in [0.2, 0.25) is 0 Å². The van der Waals surface area contributed by atoms with Crippen molar-refractivity contribution in [3.8, 4) is 5.75 Å². The van der Waals surface area contributed by atoms with Crippen LogP contribution in [0.2, 0.25) is 0 Å². The Kier molecular flexibility index (Phi) is 1.88. The van der Waals surface area contributed by atoms with E-state index in [1.807, 2.05) is 12.1 Å². The molecule has 4 heteroatoms. The zero-order valence-electron chi connectivity index (χ0n) is 6.04. The lowest BCUT2D eigenvalue weighted by molar-refractivity contribution is 0.481. The Balaban J connectivity index is 2.97. The van der Waals surface area contributed by atoms with Crippen molar-refractivity contribution < 1.29 is 5.11 Å². The Morgan fingerprint density at radius 2 is 2.17 bits per heavy atom. The Labute approximate surface area is 87.1 Å². The van der Waals surface area contributed by atoms with Crippen LogP contribution in [-0.2, 0) is 0 Å². The van der Waals surface area contributed by atoms with Gasteiger partial charge in [0.1, 0.15) is 10.8 Å². The number of thiophene rings is 1. The molecule has 0 fully saturated rings. The van der Waals surface area contributed by atoms with Gasteiger partial charge in [-0.1, -0.05) is 6.07 Å². The van der Waals surface area contributed by atoms with Crippen LogP contribution in [0.15, 0.2) is 18.2 Å². The van der Waals surface area contributed by atoms with E-state index in [4.69, 9.17) is 5.73 Å². The Bertz CT molecular complexity index is 438. The highest BCUT2D eigenvalue weighted by atomic mass is 127. The molecule has 12 heavy (non-hydrogen) atoms. The summed E-state index contributed by atoms with van der Waals surface area (Å²) in [6, 6.07) is 5.46. The molecule has 0 amide bonds. The molecule has 3 N–H and O–H groups in total. The summed E-state index contributed by atoms with van der Waals surface area (Å²) in [6.07, 6.45) is 0. The van der Waals surface area contributed by atoms with Gasteiger partial charge in [-0.05, 0) is 34.7 Å². The quantitative estimate of drug-likeness (QED) is 0.733. The van der Waals surface area contributed by atoms with Gasteiger partial charge in [-0.2, -0.15) is 0 Å². The molecule has 1 heterocycles. The first-order valence-electron chi connectivity index (χ1n) is 3.35. The van der Waals surface area contributed by atoms with E-state index in [1.165, 1.54) is 11.3 Å². The summed E-state index contributed by atoms with van der Waals surface area (Å²) in [5.74, 6) is 0.310. The number of nitrogen functional groups attached to an aromatic ring is 1. The topological polar surface area (TPSA) is 46.2 Å². The SMILES string of the molecule is Nc1sc2cccc(O)c2c1I. The summed E-state index contributed by atoms with van der Waals surface area (Å²) in [7, 11) is 0. The van der Waals surface area contributed by atoms with Crippen molar-refractivity contribution in [2.45, 2.75) is 0 Å². The number of aromatic hydroxyl groups is 1. The minimum atomic E-state index is 0.310. The van der Waals surface area contributed by atoms with Crippen molar-refractivity contribution >= 4 is 49.0 Å². The van der Waals surface area contributed by atoms with E-state index in [0.717, 1.165) is 18.7 Å². The first-order chi connectivity index (χ1) is 5.70. The second kappa shape index (κ2) is 2.77. The zero-order chi connectivity index (χ0) is 8.72. The van der Waals surface area contributed by atoms with Gasteiger partial charge in [0.15, 0.2) is 0 Å². The molecule has 1 aromatic carbocycles. The smallest absolute Gasteiger partial charge is 0.125 e. The standard InChI is InChI=1S/C8H6INOS/c9-7-6-4(11)2-1-3-5(6)12-8(7)10/h1-3,11H,10H2. The van der Waals surface area contributed by atoms with E-state index in [9.17, 15) is 5.11 Å². The molecule has 2 aromatic rings. The van der Waals surface area contributed by atoms with Crippen molar-refractivity contribution in [1.82, 2.24) is 0 Å². The molecule has 0 aliphatic carbocycles.